The second kappa shape index (κ2) is 8.29. The molecule has 2 unspecified atom stereocenters. The molecule has 0 radical (unpaired) electrons. The summed E-state index contributed by atoms with van der Waals surface area (Å²) in [6.45, 7) is 2.42. The van der Waals surface area contributed by atoms with Crippen molar-refractivity contribution in [2.24, 2.45) is 0 Å². The molecule has 0 fully saturated rings. The minimum Gasteiger partial charge on any atom is -0.489 e. The van der Waals surface area contributed by atoms with Crippen molar-refractivity contribution in [1.29, 1.82) is 0 Å². The van der Waals surface area contributed by atoms with E-state index in [1.807, 2.05) is 6.92 Å². The molecule has 7 heteroatoms. The van der Waals surface area contributed by atoms with E-state index in [0.29, 0.717) is 22.3 Å². The van der Waals surface area contributed by atoms with E-state index in [1.54, 1.807) is 36.8 Å². The number of nitrogens with one attached hydrogen (secondary N) is 1. The van der Waals surface area contributed by atoms with Crippen LogP contribution in [-0.2, 0) is 0 Å². The lowest BCUT2D eigenvalue weighted by Crippen LogP contribution is -2.33. The van der Waals surface area contributed by atoms with Gasteiger partial charge in [-0.05, 0) is 19.1 Å². The molecule has 5 nitrogen and oxygen atoms in total. The lowest BCUT2D eigenvalue weighted by molar-refractivity contribution is 0.104. The molecule has 0 saturated carbocycles. The summed E-state index contributed by atoms with van der Waals surface area (Å²) < 4.78 is 5.48. The Kier molecular flexibility index (Phi) is 6.39. The van der Waals surface area contributed by atoms with Crippen LogP contribution < -0.4 is 10.1 Å². The smallest absolute Gasteiger partial charge is 0.139 e. The highest BCUT2D eigenvalue weighted by Gasteiger charge is 2.12. The fourth-order valence-electron chi connectivity index (χ4n) is 1.79. The molecule has 2 N–H and O–H groups in total. The Labute approximate surface area is 139 Å². The number of hydrogen-bond acceptors (Lipinski definition) is 5. The molecule has 22 heavy (non-hydrogen) atoms. The summed E-state index contributed by atoms with van der Waals surface area (Å²) in [5, 5.41) is 13.9. The number of benzene rings is 1. The Morgan fingerprint density at radius 3 is 2.86 bits per heavy atom. The number of halogens is 2. The standard InChI is InChI=1S/C15H17Cl2N3O2/c1-10(13-8-18-5-6-19-13)20-7-11(21)9-22-14-4-2-3-12(16)15(14)17/h2-6,8,10-11,20-21H,7,9H2,1H3. The Morgan fingerprint density at radius 2 is 2.14 bits per heavy atom. The summed E-state index contributed by atoms with van der Waals surface area (Å²) >= 11 is 11.9. The van der Waals surface area contributed by atoms with Gasteiger partial charge in [0.05, 0.1) is 10.7 Å². The molecule has 2 atom stereocenters. The molecule has 0 saturated heterocycles. The summed E-state index contributed by atoms with van der Waals surface area (Å²) in [5.41, 5.74) is 0.813. The van der Waals surface area contributed by atoms with Gasteiger partial charge in [-0.25, -0.2) is 0 Å². The van der Waals surface area contributed by atoms with Gasteiger partial charge in [0.1, 0.15) is 23.5 Å². The third-order valence-corrected chi connectivity index (χ3v) is 3.84. The van der Waals surface area contributed by atoms with Crippen LogP contribution in [0.2, 0.25) is 10.0 Å². The minimum absolute atomic E-state index is 0.0156. The van der Waals surface area contributed by atoms with Crippen molar-refractivity contribution < 1.29 is 9.84 Å². The third-order valence-electron chi connectivity index (χ3n) is 3.03. The van der Waals surface area contributed by atoms with Crippen molar-refractivity contribution in [2.45, 2.75) is 19.1 Å². The number of nitrogens with zero attached hydrogens (tertiary/aromatic N) is 2. The lowest BCUT2D eigenvalue weighted by Gasteiger charge is -2.17. The first kappa shape index (κ1) is 17.0. The van der Waals surface area contributed by atoms with E-state index >= 15 is 0 Å². The summed E-state index contributed by atoms with van der Waals surface area (Å²) in [6.07, 6.45) is 4.25. The van der Waals surface area contributed by atoms with E-state index in [9.17, 15) is 5.11 Å². The second-order valence-corrected chi connectivity index (χ2v) is 5.56. The molecular formula is C15H17Cl2N3O2. The largest absolute Gasteiger partial charge is 0.489 e. The molecule has 0 aliphatic rings. The molecule has 0 aliphatic carbocycles. The van der Waals surface area contributed by atoms with Crippen LogP contribution in [0.5, 0.6) is 5.75 Å². The van der Waals surface area contributed by atoms with E-state index in [-0.39, 0.29) is 12.6 Å². The summed E-state index contributed by atoms with van der Waals surface area (Å²) in [5.74, 6) is 0.454. The van der Waals surface area contributed by atoms with Crippen LogP contribution in [0.4, 0.5) is 0 Å². The van der Waals surface area contributed by atoms with E-state index < -0.39 is 6.10 Å². The van der Waals surface area contributed by atoms with Crippen LogP contribution in [0, 0.1) is 0 Å². The Morgan fingerprint density at radius 1 is 1.32 bits per heavy atom. The van der Waals surface area contributed by atoms with Gasteiger partial charge >= 0.3 is 0 Å². The van der Waals surface area contributed by atoms with Crippen molar-refractivity contribution >= 4 is 23.2 Å². The minimum atomic E-state index is -0.686. The molecule has 1 aromatic carbocycles. The second-order valence-electron chi connectivity index (χ2n) is 4.78. The monoisotopic (exact) mass is 341 g/mol. The van der Waals surface area contributed by atoms with Crippen molar-refractivity contribution in [3.8, 4) is 5.75 Å². The zero-order valence-corrected chi connectivity index (χ0v) is 13.6. The molecule has 0 amide bonds. The zero-order valence-electron chi connectivity index (χ0n) is 12.0. The van der Waals surface area contributed by atoms with E-state index in [0.717, 1.165) is 5.69 Å². The summed E-state index contributed by atoms with van der Waals surface area (Å²) in [4.78, 5) is 8.21. The maximum absolute atomic E-state index is 9.97. The molecule has 2 aromatic rings. The Hall–Kier alpha value is -1.40. The Balaban J connectivity index is 1.78. The van der Waals surface area contributed by atoms with Gasteiger partial charge in [0.2, 0.25) is 0 Å². The van der Waals surface area contributed by atoms with Crippen LogP contribution >= 0.6 is 23.2 Å². The highest BCUT2D eigenvalue weighted by atomic mass is 35.5. The first-order chi connectivity index (χ1) is 10.6. The number of aliphatic hydroxyl groups excluding tert-OH is 1. The van der Waals surface area contributed by atoms with E-state index in [2.05, 4.69) is 15.3 Å². The van der Waals surface area contributed by atoms with Crippen LogP contribution in [0.3, 0.4) is 0 Å². The zero-order chi connectivity index (χ0) is 15.9. The van der Waals surface area contributed by atoms with E-state index in [4.69, 9.17) is 27.9 Å². The SMILES string of the molecule is CC(NCC(O)COc1cccc(Cl)c1Cl)c1cnccn1. The van der Waals surface area contributed by atoms with Gasteiger partial charge in [0, 0.05) is 31.2 Å². The number of rotatable bonds is 7. The average Bonchev–Trinajstić information content (AvgIpc) is 2.54. The highest BCUT2D eigenvalue weighted by Crippen LogP contribution is 2.31. The van der Waals surface area contributed by atoms with Crippen LogP contribution in [0.1, 0.15) is 18.7 Å². The molecule has 0 aliphatic heterocycles. The number of hydrogen-bond donors (Lipinski definition) is 2. The quantitative estimate of drug-likeness (QED) is 0.810. The fourth-order valence-corrected chi connectivity index (χ4v) is 2.14. The maximum atomic E-state index is 9.97. The van der Waals surface area contributed by atoms with E-state index in [1.165, 1.54) is 0 Å². The molecule has 0 spiro atoms. The molecule has 2 rings (SSSR count). The molecule has 0 bridgehead atoms. The topological polar surface area (TPSA) is 67.3 Å². The van der Waals surface area contributed by atoms with Gasteiger partial charge in [-0.2, -0.15) is 0 Å². The molecule has 1 heterocycles. The number of ether oxygens (including phenoxy) is 1. The normalized spacial score (nSPS) is 13.6. The highest BCUT2D eigenvalue weighted by molar-refractivity contribution is 6.42. The van der Waals surface area contributed by atoms with Crippen molar-refractivity contribution in [3.05, 3.63) is 52.5 Å². The predicted molar refractivity (Wildman–Crippen MR) is 86.4 cm³/mol. The summed E-state index contributed by atoms with van der Waals surface area (Å²) in [7, 11) is 0. The van der Waals surface area contributed by atoms with Gasteiger partial charge < -0.3 is 15.2 Å². The molecule has 118 valence electrons. The predicted octanol–water partition coefficient (Wildman–Crippen LogP) is 2.87. The number of aromatic nitrogens is 2. The van der Waals surface area contributed by atoms with Gasteiger partial charge in [0.15, 0.2) is 0 Å². The maximum Gasteiger partial charge on any atom is 0.139 e. The van der Waals surface area contributed by atoms with Crippen molar-refractivity contribution in [2.75, 3.05) is 13.2 Å². The van der Waals surface area contributed by atoms with Gasteiger partial charge in [-0.1, -0.05) is 29.3 Å². The lowest BCUT2D eigenvalue weighted by atomic mass is 10.2. The van der Waals surface area contributed by atoms with Crippen LogP contribution in [0.25, 0.3) is 0 Å². The molecular weight excluding hydrogens is 325 g/mol. The fraction of sp³-hybridized carbons (Fsp3) is 0.333. The van der Waals surface area contributed by atoms with Crippen LogP contribution in [-0.4, -0.2) is 34.3 Å². The van der Waals surface area contributed by atoms with Gasteiger partial charge in [-0.3, -0.25) is 9.97 Å². The van der Waals surface area contributed by atoms with Crippen molar-refractivity contribution in [1.82, 2.24) is 15.3 Å². The Bertz CT molecular complexity index is 599. The first-order valence-corrected chi connectivity index (χ1v) is 7.57. The number of aliphatic hydroxyl groups is 1. The van der Waals surface area contributed by atoms with Gasteiger partial charge in [0.25, 0.3) is 0 Å². The first-order valence-electron chi connectivity index (χ1n) is 6.82. The molecule has 1 aromatic heterocycles. The summed E-state index contributed by atoms with van der Waals surface area (Å²) in [6, 6.07) is 5.11. The van der Waals surface area contributed by atoms with Gasteiger partial charge in [-0.15, -0.1) is 0 Å². The third kappa shape index (κ3) is 4.81. The van der Waals surface area contributed by atoms with Crippen LogP contribution in [0.15, 0.2) is 36.8 Å². The van der Waals surface area contributed by atoms with Crippen molar-refractivity contribution in [3.63, 3.8) is 0 Å². The average molecular weight is 342 g/mol.